The van der Waals surface area contributed by atoms with Gasteiger partial charge in [-0.05, 0) is 26.0 Å². The molecule has 0 saturated carbocycles. The van der Waals surface area contributed by atoms with E-state index in [9.17, 15) is 4.79 Å². The fourth-order valence-corrected chi connectivity index (χ4v) is 2.48. The summed E-state index contributed by atoms with van der Waals surface area (Å²) in [7, 11) is 1.95. The van der Waals surface area contributed by atoms with E-state index in [1.54, 1.807) is 0 Å². The van der Waals surface area contributed by atoms with Crippen molar-refractivity contribution in [2.75, 3.05) is 26.7 Å². The van der Waals surface area contributed by atoms with E-state index in [-0.39, 0.29) is 18.6 Å². The predicted molar refractivity (Wildman–Crippen MR) is 74.7 cm³/mol. The second kappa shape index (κ2) is 6.17. The zero-order chi connectivity index (χ0) is 13.8. The van der Waals surface area contributed by atoms with Crippen LogP contribution in [0.15, 0.2) is 24.3 Å². The van der Waals surface area contributed by atoms with E-state index >= 15 is 0 Å². The Labute approximate surface area is 114 Å². The number of nitrogens with zero attached hydrogens (tertiary/aromatic N) is 2. The van der Waals surface area contributed by atoms with Crippen molar-refractivity contribution in [1.29, 1.82) is 0 Å². The Kier molecular flexibility index (Phi) is 4.56. The third-order valence-electron chi connectivity index (χ3n) is 3.75. The zero-order valence-electron chi connectivity index (χ0n) is 11.7. The molecule has 1 aliphatic rings. The Morgan fingerprint density at radius 3 is 2.58 bits per heavy atom. The molecule has 0 spiro atoms. The van der Waals surface area contributed by atoms with Crippen LogP contribution < -0.4 is 0 Å². The molecule has 0 aromatic heterocycles. The van der Waals surface area contributed by atoms with Crippen LogP contribution in [0.4, 0.5) is 0 Å². The van der Waals surface area contributed by atoms with E-state index in [0.29, 0.717) is 13.0 Å². The molecule has 1 aromatic rings. The summed E-state index contributed by atoms with van der Waals surface area (Å²) in [5.74, 6) is 0.128. The topological polar surface area (TPSA) is 43.8 Å². The predicted octanol–water partition coefficient (Wildman–Crippen LogP) is 1.02. The molecular formula is C15H22N2O2. The summed E-state index contributed by atoms with van der Waals surface area (Å²) >= 11 is 0. The average Bonchev–Trinajstić information content (AvgIpc) is 2.40. The highest BCUT2D eigenvalue weighted by atomic mass is 16.3. The molecule has 1 atom stereocenters. The smallest absolute Gasteiger partial charge is 0.240 e. The molecule has 1 unspecified atom stereocenters. The Balaban J connectivity index is 2.04. The van der Waals surface area contributed by atoms with Gasteiger partial charge in [-0.3, -0.25) is 9.69 Å². The fraction of sp³-hybridized carbons (Fsp3) is 0.533. The molecule has 1 aliphatic heterocycles. The number of aliphatic hydroxyl groups is 1. The first kappa shape index (κ1) is 14.0. The zero-order valence-corrected chi connectivity index (χ0v) is 11.7. The number of hydrogen-bond acceptors (Lipinski definition) is 3. The van der Waals surface area contributed by atoms with Crippen molar-refractivity contribution < 1.29 is 9.90 Å². The second-order valence-electron chi connectivity index (χ2n) is 5.25. The van der Waals surface area contributed by atoms with Crippen molar-refractivity contribution in [3.05, 3.63) is 35.4 Å². The number of likely N-dealkylation sites (N-methyl/N-ethyl adjacent to an activating group) is 1. The number of carbonyl (C=O) groups is 1. The third kappa shape index (κ3) is 3.33. The summed E-state index contributed by atoms with van der Waals surface area (Å²) in [5, 5.41) is 9.06. The van der Waals surface area contributed by atoms with E-state index in [4.69, 9.17) is 5.11 Å². The molecule has 104 valence electrons. The number of rotatable bonds is 4. The van der Waals surface area contributed by atoms with Gasteiger partial charge in [0, 0.05) is 26.2 Å². The molecule has 0 aliphatic carbocycles. The second-order valence-corrected chi connectivity index (χ2v) is 5.25. The lowest BCUT2D eigenvalue weighted by Gasteiger charge is -2.38. The summed E-state index contributed by atoms with van der Waals surface area (Å²) in [5.41, 5.74) is 2.39. The van der Waals surface area contributed by atoms with Crippen molar-refractivity contribution in [2.24, 2.45) is 0 Å². The average molecular weight is 262 g/mol. The number of aryl methyl sites for hydroxylation is 1. The van der Waals surface area contributed by atoms with Crippen molar-refractivity contribution in [2.45, 2.75) is 25.9 Å². The van der Waals surface area contributed by atoms with Gasteiger partial charge in [0.2, 0.25) is 5.91 Å². The fourth-order valence-electron chi connectivity index (χ4n) is 2.48. The molecule has 1 aromatic carbocycles. The maximum Gasteiger partial charge on any atom is 0.240 e. The molecule has 4 nitrogen and oxygen atoms in total. The van der Waals surface area contributed by atoms with Crippen LogP contribution in [0.25, 0.3) is 0 Å². The lowest BCUT2D eigenvalue weighted by molar-refractivity contribution is -0.142. The Hall–Kier alpha value is -1.39. The summed E-state index contributed by atoms with van der Waals surface area (Å²) < 4.78 is 0. The van der Waals surface area contributed by atoms with E-state index in [1.807, 2.05) is 16.8 Å². The van der Waals surface area contributed by atoms with Gasteiger partial charge in [-0.25, -0.2) is 0 Å². The van der Waals surface area contributed by atoms with Gasteiger partial charge in [0.15, 0.2) is 0 Å². The number of piperazine rings is 1. The van der Waals surface area contributed by atoms with Crippen LogP contribution in [0.5, 0.6) is 0 Å². The Morgan fingerprint density at radius 1 is 1.26 bits per heavy atom. The summed E-state index contributed by atoms with van der Waals surface area (Å²) in [4.78, 5) is 16.3. The number of amides is 1. The highest BCUT2D eigenvalue weighted by molar-refractivity contribution is 5.82. The summed E-state index contributed by atoms with van der Waals surface area (Å²) in [6.45, 7) is 4.39. The van der Waals surface area contributed by atoms with Gasteiger partial charge in [-0.1, -0.05) is 29.8 Å². The normalized spacial score (nSPS) is 20.9. The molecule has 1 heterocycles. The number of carbonyl (C=O) groups excluding carboxylic acids is 1. The SMILES string of the molecule is Cc1ccc(CN2CCN(C)C(CCO)C2=O)cc1. The number of benzene rings is 1. The molecular weight excluding hydrogens is 240 g/mol. The van der Waals surface area contributed by atoms with E-state index in [2.05, 4.69) is 31.2 Å². The van der Waals surface area contributed by atoms with Crippen molar-refractivity contribution in [3.63, 3.8) is 0 Å². The standard InChI is InChI=1S/C15H22N2O2/c1-12-3-5-13(6-4-12)11-17-9-8-16(2)14(7-10-18)15(17)19/h3-6,14,18H,7-11H2,1-2H3. The van der Waals surface area contributed by atoms with Gasteiger partial charge in [0.25, 0.3) is 0 Å². The van der Waals surface area contributed by atoms with Crippen LogP contribution in [-0.4, -0.2) is 53.6 Å². The van der Waals surface area contributed by atoms with Gasteiger partial charge in [-0.2, -0.15) is 0 Å². The maximum absolute atomic E-state index is 12.4. The number of aliphatic hydroxyl groups excluding tert-OH is 1. The lowest BCUT2D eigenvalue weighted by Crippen LogP contribution is -2.55. The quantitative estimate of drug-likeness (QED) is 0.881. The summed E-state index contributed by atoms with van der Waals surface area (Å²) in [6, 6.07) is 8.11. The van der Waals surface area contributed by atoms with Gasteiger partial charge in [0.05, 0.1) is 6.04 Å². The molecule has 1 saturated heterocycles. The Morgan fingerprint density at radius 2 is 1.95 bits per heavy atom. The molecule has 1 N–H and O–H groups in total. The highest BCUT2D eigenvalue weighted by Gasteiger charge is 2.31. The number of hydrogen-bond donors (Lipinski definition) is 1. The van der Waals surface area contributed by atoms with Crippen molar-refractivity contribution >= 4 is 5.91 Å². The summed E-state index contributed by atoms with van der Waals surface area (Å²) in [6.07, 6.45) is 0.514. The van der Waals surface area contributed by atoms with Crippen LogP contribution in [0.1, 0.15) is 17.5 Å². The van der Waals surface area contributed by atoms with E-state index < -0.39 is 0 Å². The van der Waals surface area contributed by atoms with Crippen LogP contribution in [0.3, 0.4) is 0 Å². The minimum absolute atomic E-state index is 0.0547. The molecule has 1 amide bonds. The van der Waals surface area contributed by atoms with Gasteiger partial charge < -0.3 is 10.0 Å². The monoisotopic (exact) mass is 262 g/mol. The van der Waals surface area contributed by atoms with E-state index in [1.165, 1.54) is 5.56 Å². The van der Waals surface area contributed by atoms with Crippen molar-refractivity contribution in [3.8, 4) is 0 Å². The van der Waals surface area contributed by atoms with Crippen molar-refractivity contribution in [1.82, 2.24) is 9.80 Å². The third-order valence-corrected chi connectivity index (χ3v) is 3.75. The van der Waals surface area contributed by atoms with Gasteiger partial charge in [-0.15, -0.1) is 0 Å². The molecule has 0 bridgehead atoms. The van der Waals surface area contributed by atoms with Crippen LogP contribution in [-0.2, 0) is 11.3 Å². The molecule has 1 fully saturated rings. The van der Waals surface area contributed by atoms with E-state index in [0.717, 1.165) is 18.7 Å². The lowest BCUT2D eigenvalue weighted by atomic mass is 10.1. The van der Waals surface area contributed by atoms with Crippen LogP contribution in [0, 0.1) is 6.92 Å². The van der Waals surface area contributed by atoms with Gasteiger partial charge in [0.1, 0.15) is 0 Å². The molecule has 2 rings (SSSR count). The first-order valence-corrected chi connectivity index (χ1v) is 6.77. The van der Waals surface area contributed by atoms with Gasteiger partial charge >= 0.3 is 0 Å². The molecule has 0 radical (unpaired) electrons. The Bertz CT molecular complexity index is 430. The maximum atomic E-state index is 12.4. The first-order valence-electron chi connectivity index (χ1n) is 6.77. The minimum Gasteiger partial charge on any atom is -0.396 e. The highest BCUT2D eigenvalue weighted by Crippen LogP contribution is 2.15. The molecule has 19 heavy (non-hydrogen) atoms. The minimum atomic E-state index is -0.177. The first-order chi connectivity index (χ1) is 9.11. The molecule has 4 heteroatoms. The van der Waals surface area contributed by atoms with Crippen LogP contribution in [0.2, 0.25) is 0 Å². The van der Waals surface area contributed by atoms with Crippen LogP contribution >= 0.6 is 0 Å². The largest absolute Gasteiger partial charge is 0.396 e.